The van der Waals surface area contributed by atoms with Crippen molar-refractivity contribution in [2.24, 2.45) is 4.99 Å². The molecule has 0 spiro atoms. The lowest BCUT2D eigenvalue weighted by atomic mass is 10.3. The van der Waals surface area contributed by atoms with Gasteiger partial charge in [-0.2, -0.15) is 5.10 Å². The van der Waals surface area contributed by atoms with E-state index in [2.05, 4.69) is 32.2 Å². The Balaban J connectivity index is 0.00000272. The second-order valence-corrected chi connectivity index (χ2v) is 7.61. The van der Waals surface area contributed by atoms with E-state index in [1.165, 1.54) is 17.0 Å². The molecule has 0 saturated carbocycles. The molecule has 0 fully saturated rings. The van der Waals surface area contributed by atoms with Crippen LogP contribution in [-0.2, 0) is 19.5 Å². The minimum atomic E-state index is -0.266. The molecule has 6 nitrogen and oxygen atoms in total. The lowest BCUT2D eigenvalue weighted by Gasteiger charge is -2.11. The number of hydrogen-bond acceptors (Lipinski definition) is 4. The number of nitrogens with one attached hydrogen (secondary N) is 2. The van der Waals surface area contributed by atoms with Crippen molar-refractivity contribution in [1.82, 2.24) is 20.4 Å². The third-order valence-corrected chi connectivity index (χ3v) is 5.27. The van der Waals surface area contributed by atoms with Gasteiger partial charge in [-0.3, -0.25) is 0 Å². The zero-order chi connectivity index (χ0) is 20.6. The summed E-state index contributed by atoms with van der Waals surface area (Å²) in [6, 6.07) is 16.1. The van der Waals surface area contributed by atoms with Gasteiger partial charge in [0.25, 0.3) is 0 Å². The van der Waals surface area contributed by atoms with Gasteiger partial charge in [-0.25, -0.2) is 14.1 Å². The number of hydrogen-bond donors (Lipinski definition) is 2. The van der Waals surface area contributed by atoms with Gasteiger partial charge in [0.1, 0.15) is 11.6 Å². The van der Waals surface area contributed by atoms with E-state index >= 15 is 0 Å². The van der Waals surface area contributed by atoms with Crippen LogP contribution in [0.5, 0.6) is 0 Å². The van der Waals surface area contributed by atoms with Crippen molar-refractivity contribution in [3.8, 4) is 5.69 Å². The van der Waals surface area contributed by atoms with E-state index in [9.17, 15) is 4.39 Å². The van der Waals surface area contributed by atoms with E-state index in [1.807, 2.05) is 30.5 Å². The van der Waals surface area contributed by atoms with Crippen molar-refractivity contribution in [3.05, 3.63) is 94.6 Å². The fraction of sp³-hybridized carbons (Fsp3) is 0.182. The average Bonchev–Trinajstić information content (AvgIpc) is 3.53. The molecule has 4 aromatic rings. The molecule has 4 rings (SSSR count). The van der Waals surface area contributed by atoms with E-state index in [-0.39, 0.29) is 29.8 Å². The number of rotatable bonds is 8. The van der Waals surface area contributed by atoms with Crippen molar-refractivity contribution < 1.29 is 8.81 Å². The first-order valence-electron chi connectivity index (χ1n) is 9.64. The second kappa shape index (κ2) is 11.7. The maximum Gasteiger partial charge on any atom is 0.191 e. The summed E-state index contributed by atoms with van der Waals surface area (Å²) in [7, 11) is 0. The van der Waals surface area contributed by atoms with Crippen LogP contribution in [0.4, 0.5) is 4.39 Å². The molecule has 0 aliphatic rings. The molecule has 0 amide bonds. The first-order valence-corrected chi connectivity index (χ1v) is 10.5. The number of halogens is 2. The molecular formula is C22H23FIN5OS. The first kappa shape index (κ1) is 23.0. The zero-order valence-corrected chi connectivity index (χ0v) is 19.8. The summed E-state index contributed by atoms with van der Waals surface area (Å²) in [5.74, 6) is 1.38. The first-order chi connectivity index (χ1) is 14.8. The van der Waals surface area contributed by atoms with Crippen LogP contribution in [-0.4, -0.2) is 22.3 Å². The molecule has 31 heavy (non-hydrogen) atoms. The van der Waals surface area contributed by atoms with Crippen LogP contribution in [0.2, 0.25) is 0 Å². The smallest absolute Gasteiger partial charge is 0.191 e. The van der Waals surface area contributed by atoms with Gasteiger partial charge < -0.3 is 15.1 Å². The van der Waals surface area contributed by atoms with Crippen molar-refractivity contribution in [2.45, 2.75) is 19.5 Å². The lowest BCUT2D eigenvalue weighted by molar-refractivity contribution is 0.506. The van der Waals surface area contributed by atoms with Crippen LogP contribution < -0.4 is 10.6 Å². The molecule has 0 radical (unpaired) electrons. The highest BCUT2D eigenvalue weighted by atomic mass is 127. The van der Waals surface area contributed by atoms with E-state index in [4.69, 9.17) is 4.42 Å². The third kappa shape index (κ3) is 6.93. The number of thiophene rings is 1. The summed E-state index contributed by atoms with van der Waals surface area (Å²) < 4.78 is 20.2. The van der Waals surface area contributed by atoms with Crippen LogP contribution in [0.3, 0.4) is 0 Å². The molecule has 2 N–H and O–H groups in total. The normalized spacial score (nSPS) is 11.2. The van der Waals surface area contributed by atoms with Crippen molar-refractivity contribution in [2.75, 3.05) is 6.54 Å². The topological polar surface area (TPSA) is 67.4 Å². The number of guanidine groups is 1. The molecule has 1 aromatic carbocycles. The van der Waals surface area contributed by atoms with E-state index in [0.29, 0.717) is 25.6 Å². The fourth-order valence-electron chi connectivity index (χ4n) is 2.86. The predicted molar refractivity (Wildman–Crippen MR) is 132 cm³/mol. The Morgan fingerprint density at radius 1 is 1.10 bits per heavy atom. The van der Waals surface area contributed by atoms with Crippen molar-refractivity contribution >= 4 is 41.3 Å². The lowest BCUT2D eigenvalue weighted by Crippen LogP contribution is -2.38. The van der Waals surface area contributed by atoms with Crippen LogP contribution in [0.25, 0.3) is 5.69 Å². The highest BCUT2D eigenvalue weighted by Crippen LogP contribution is 2.10. The number of benzene rings is 1. The second-order valence-electron chi connectivity index (χ2n) is 6.58. The molecular weight excluding hydrogens is 528 g/mol. The van der Waals surface area contributed by atoms with Crippen LogP contribution in [0.1, 0.15) is 16.3 Å². The Morgan fingerprint density at radius 2 is 1.97 bits per heavy atom. The molecule has 0 bridgehead atoms. The molecule has 162 valence electrons. The summed E-state index contributed by atoms with van der Waals surface area (Å²) in [6.07, 6.45) is 4.30. The van der Waals surface area contributed by atoms with Gasteiger partial charge in [0.05, 0.1) is 30.7 Å². The standard InChI is InChI=1S/C22H22FN5OS.HI/c23-17-5-7-19(8-6-17)28-12-10-18(27-28)15-25-22(26-16-21-4-2-14-30-21)24-11-9-20-3-1-13-29-20;/h1-8,10,12-14H,9,11,15-16H2,(H2,24,25,26);1H. The van der Waals surface area contributed by atoms with E-state index < -0.39 is 0 Å². The van der Waals surface area contributed by atoms with Gasteiger partial charge in [-0.1, -0.05) is 6.07 Å². The molecule has 0 atom stereocenters. The zero-order valence-electron chi connectivity index (χ0n) is 16.7. The molecule has 0 aliphatic heterocycles. The van der Waals surface area contributed by atoms with Crippen molar-refractivity contribution in [1.29, 1.82) is 0 Å². The third-order valence-electron chi connectivity index (χ3n) is 4.39. The summed E-state index contributed by atoms with van der Waals surface area (Å²) in [6.45, 7) is 1.83. The summed E-state index contributed by atoms with van der Waals surface area (Å²) in [5.41, 5.74) is 1.63. The summed E-state index contributed by atoms with van der Waals surface area (Å²) >= 11 is 1.70. The Kier molecular flexibility index (Phi) is 8.65. The van der Waals surface area contributed by atoms with E-state index in [0.717, 1.165) is 23.6 Å². The summed E-state index contributed by atoms with van der Waals surface area (Å²) in [5, 5.41) is 13.3. The molecule has 9 heteroatoms. The van der Waals surface area contributed by atoms with Crippen molar-refractivity contribution in [3.63, 3.8) is 0 Å². The van der Waals surface area contributed by atoms with Crippen LogP contribution in [0, 0.1) is 5.82 Å². The van der Waals surface area contributed by atoms with Gasteiger partial charge in [-0.15, -0.1) is 35.3 Å². The Morgan fingerprint density at radius 3 is 2.71 bits per heavy atom. The van der Waals surface area contributed by atoms with Gasteiger partial charge in [0.15, 0.2) is 5.96 Å². The van der Waals surface area contributed by atoms with Gasteiger partial charge >= 0.3 is 0 Å². The van der Waals surface area contributed by atoms with Gasteiger partial charge in [-0.05, 0) is 53.9 Å². The van der Waals surface area contributed by atoms with E-state index in [1.54, 1.807) is 34.4 Å². The average molecular weight is 551 g/mol. The minimum absolute atomic E-state index is 0. The SMILES string of the molecule is Fc1ccc(-n2ccc(CN=C(NCCc3ccco3)NCc3cccs3)n2)cc1.I. The Bertz CT molecular complexity index is 1060. The Labute approximate surface area is 201 Å². The highest BCUT2D eigenvalue weighted by Gasteiger charge is 2.05. The highest BCUT2D eigenvalue weighted by molar-refractivity contribution is 14.0. The molecule has 0 saturated heterocycles. The maximum absolute atomic E-state index is 13.1. The number of aliphatic imine (C=N–C) groups is 1. The quantitative estimate of drug-likeness (QED) is 0.188. The molecule has 0 unspecified atom stereocenters. The minimum Gasteiger partial charge on any atom is -0.469 e. The van der Waals surface area contributed by atoms with Crippen LogP contribution in [0.15, 0.2) is 81.8 Å². The van der Waals surface area contributed by atoms with Gasteiger partial charge in [0, 0.05) is 24.0 Å². The number of furan rings is 1. The fourth-order valence-corrected chi connectivity index (χ4v) is 3.51. The predicted octanol–water partition coefficient (Wildman–Crippen LogP) is 4.76. The molecule has 3 aromatic heterocycles. The molecule has 3 heterocycles. The van der Waals surface area contributed by atoms with Gasteiger partial charge in [0.2, 0.25) is 0 Å². The molecule has 0 aliphatic carbocycles. The number of nitrogens with zero attached hydrogens (tertiary/aromatic N) is 3. The monoisotopic (exact) mass is 551 g/mol. The van der Waals surface area contributed by atoms with Crippen LogP contribution >= 0.6 is 35.3 Å². The Hall–Kier alpha value is -2.66. The largest absolute Gasteiger partial charge is 0.469 e. The number of aromatic nitrogens is 2. The maximum atomic E-state index is 13.1. The summed E-state index contributed by atoms with van der Waals surface area (Å²) in [4.78, 5) is 5.90.